The topological polar surface area (TPSA) is 75.9 Å². The van der Waals surface area contributed by atoms with Gasteiger partial charge in [-0.05, 0) is 36.5 Å². The summed E-state index contributed by atoms with van der Waals surface area (Å²) >= 11 is 0. The normalized spacial score (nSPS) is 23.5. The molecule has 4 rings (SSSR count). The molecule has 2 heterocycles. The van der Waals surface area contributed by atoms with Crippen LogP contribution < -0.4 is 15.5 Å². The van der Waals surface area contributed by atoms with E-state index in [9.17, 15) is 14.0 Å². The number of carbonyl (C=O) groups excluding carboxylic acids is 2. The molecule has 2 amide bonds. The van der Waals surface area contributed by atoms with E-state index in [1.807, 2.05) is 0 Å². The van der Waals surface area contributed by atoms with E-state index < -0.39 is 11.9 Å². The monoisotopic (exact) mass is 319 g/mol. The molecule has 3 aliphatic rings. The molecule has 1 unspecified atom stereocenters. The fourth-order valence-electron chi connectivity index (χ4n) is 3.22. The molecule has 2 aliphatic heterocycles. The summed E-state index contributed by atoms with van der Waals surface area (Å²) in [7, 11) is 0. The van der Waals surface area contributed by atoms with Crippen LogP contribution in [-0.2, 0) is 16.0 Å². The van der Waals surface area contributed by atoms with Gasteiger partial charge in [0, 0.05) is 13.1 Å². The Bertz CT molecular complexity index is 689. The highest BCUT2D eigenvalue weighted by Gasteiger charge is 2.37. The molecule has 23 heavy (non-hydrogen) atoms. The van der Waals surface area contributed by atoms with Crippen LogP contribution in [0.25, 0.3) is 0 Å². The van der Waals surface area contributed by atoms with Crippen molar-refractivity contribution in [3.8, 4) is 0 Å². The predicted octanol–water partition coefficient (Wildman–Crippen LogP) is 1.41. The van der Waals surface area contributed by atoms with Crippen LogP contribution in [-0.4, -0.2) is 37.7 Å². The van der Waals surface area contributed by atoms with Crippen LogP contribution in [0.2, 0.25) is 0 Å². The predicted molar refractivity (Wildman–Crippen MR) is 81.9 cm³/mol. The van der Waals surface area contributed by atoms with Gasteiger partial charge in [-0.1, -0.05) is 0 Å². The standard InChI is InChI=1S/C16H18FN3O3/c17-13-5-11(19-8-12(6-18)23-16(19)22)3-10-4-14(21)20(15(10)13)7-9-1-2-9/h3,5,9,12H,1-2,4,6-8,18H2. The quantitative estimate of drug-likeness (QED) is 0.910. The lowest BCUT2D eigenvalue weighted by Crippen LogP contribution is -2.29. The van der Waals surface area contributed by atoms with Crippen LogP contribution >= 0.6 is 0 Å². The number of amides is 2. The van der Waals surface area contributed by atoms with Gasteiger partial charge in [-0.25, -0.2) is 9.18 Å². The first-order chi connectivity index (χ1) is 11.1. The molecule has 1 atom stereocenters. The van der Waals surface area contributed by atoms with E-state index in [2.05, 4.69) is 0 Å². The average Bonchev–Trinajstić information content (AvgIpc) is 3.16. The van der Waals surface area contributed by atoms with E-state index >= 15 is 0 Å². The molecule has 1 aliphatic carbocycles. The van der Waals surface area contributed by atoms with Crippen LogP contribution in [0.4, 0.5) is 20.6 Å². The Labute approximate surface area is 133 Å². The van der Waals surface area contributed by atoms with Crippen molar-refractivity contribution in [1.82, 2.24) is 0 Å². The molecule has 1 aromatic carbocycles. The van der Waals surface area contributed by atoms with Gasteiger partial charge in [0.25, 0.3) is 0 Å². The first-order valence-corrected chi connectivity index (χ1v) is 7.88. The zero-order chi connectivity index (χ0) is 16.1. The minimum atomic E-state index is -0.529. The van der Waals surface area contributed by atoms with Crippen LogP contribution in [0, 0.1) is 11.7 Å². The third kappa shape index (κ3) is 2.45. The lowest BCUT2D eigenvalue weighted by Gasteiger charge is -2.19. The molecule has 2 fully saturated rings. The van der Waals surface area contributed by atoms with Crippen molar-refractivity contribution in [3.63, 3.8) is 0 Å². The Balaban J connectivity index is 1.65. The SMILES string of the molecule is NCC1CN(c2cc(F)c3c(c2)CC(=O)N3CC2CC2)C(=O)O1. The fraction of sp³-hybridized carbons (Fsp3) is 0.500. The molecular formula is C16H18FN3O3. The average molecular weight is 319 g/mol. The number of carbonyl (C=O) groups is 2. The summed E-state index contributed by atoms with van der Waals surface area (Å²) in [6, 6.07) is 3.01. The smallest absolute Gasteiger partial charge is 0.414 e. The summed E-state index contributed by atoms with van der Waals surface area (Å²) in [6.07, 6.45) is 1.46. The molecule has 2 N–H and O–H groups in total. The Morgan fingerprint density at radius 1 is 1.30 bits per heavy atom. The highest BCUT2D eigenvalue weighted by molar-refractivity contribution is 6.02. The summed E-state index contributed by atoms with van der Waals surface area (Å²) < 4.78 is 19.7. The minimum Gasteiger partial charge on any atom is -0.443 e. The van der Waals surface area contributed by atoms with Crippen molar-refractivity contribution in [1.29, 1.82) is 0 Å². The van der Waals surface area contributed by atoms with Gasteiger partial charge >= 0.3 is 6.09 Å². The Hall–Kier alpha value is -2.15. The van der Waals surface area contributed by atoms with Crippen LogP contribution in [0.5, 0.6) is 0 Å². The van der Waals surface area contributed by atoms with Gasteiger partial charge in [0.1, 0.15) is 11.9 Å². The maximum atomic E-state index is 14.6. The minimum absolute atomic E-state index is 0.0771. The van der Waals surface area contributed by atoms with Crippen molar-refractivity contribution in [2.24, 2.45) is 11.7 Å². The second-order valence-electron chi connectivity index (χ2n) is 6.41. The Morgan fingerprint density at radius 2 is 2.09 bits per heavy atom. The number of ether oxygens (including phenoxy) is 1. The van der Waals surface area contributed by atoms with Crippen molar-refractivity contribution < 1.29 is 18.7 Å². The van der Waals surface area contributed by atoms with Crippen molar-refractivity contribution in [2.45, 2.75) is 25.4 Å². The van der Waals surface area contributed by atoms with Gasteiger partial charge < -0.3 is 15.4 Å². The lowest BCUT2D eigenvalue weighted by molar-refractivity contribution is -0.117. The number of nitrogens with zero attached hydrogens (tertiary/aromatic N) is 2. The molecule has 0 bridgehead atoms. The third-order valence-electron chi connectivity index (χ3n) is 4.63. The highest BCUT2D eigenvalue weighted by Crippen LogP contribution is 2.39. The third-order valence-corrected chi connectivity index (χ3v) is 4.63. The second kappa shape index (κ2) is 5.19. The molecule has 1 saturated carbocycles. The maximum Gasteiger partial charge on any atom is 0.414 e. The first kappa shape index (κ1) is 14.4. The number of fused-ring (bicyclic) bond motifs is 1. The summed E-state index contributed by atoms with van der Waals surface area (Å²) in [5.74, 6) is -0.0531. The summed E-state index contributed by atoms with van der Waals surface area (Å²) in [4.78, 5) is 27.0. The number of hydrogen-bond donors (Lipinski definition) is 1. The number of anilines is 2. The van der Waals surface area contributed by atoms with E-state index in [0.717, 1.165) is 12.8 Å². The fourth-order valence-corrected chi connectivity index (χ4v) is 3.22. The number of cyclic esters (lactones) is 1. The van der Waals surface area contributed by atoms with Gasteiger partial charge in [-0.3, -0.25) is 9.69 Å². The summed E-state index contributed by atoms with van der Waals surface area (Å²) in [6.45, 7) is 1.11. The first-order valence-electron chi connectivity index (χ1n) is 7.88. The molecule has 0 radical (unpaired) electrons. The van der Waals surface area contributed by atoms with E-state index in [1.165, 1.54) is 11.0 Å². The molecule has 7 heteroatoms. The van der Waals surface area contributed by atoms with Crippen molar-refractivity contribution in [3.05, 3.63) is 23.5 Å². The molecule has 1 saturated heterocycles. The number of rotatable bonds is 4. The Morgan fingerprint density at radius 3 is 2.74 bits per heavy atom. The number of hydrogen-bond acceptors (Lipinski definition) is 4. The number of nitrogens with two attached hydrogens (primary N) is 1. The summed E-state index contributed by atoms with van der Waals surface area (Å²) in [5.41, 5.74) is 6.94. The van der Waals surface area contributed by atoms with E-state index in [0.29, 0.717) is 35.9 Å². The van der Waals surface area contributed by atoms with Crippen LogP contribution in [0.15, 0.2) is 12.1 Å². The van der Waals surface area contributed by atoms with Gasteiger partial charge in [-0.2, -0.15) is 0 Å². The van der Waals surface area contributed by atoms with Gasteiger partial charge in [-0.15, -0.1) is 0 Å². The second-order valence-corrected chi connectivity index (χ2v) is 6.41. The van der Waals surface area contributed by atoms with E-state index in [-0.39, 0.29) is 25.0 Å². The van der Waals surface area contributed by atoms with Gasteiger partial charge in [0.05, 0.1) is 24.3 Å². The Kier molecular flexibility index (Phi) is 3.26. The van der Waals surface area contributed by atoms with Gasteiger partial charge in [0.15, 0.2) is 0 Å². The number of benzene rings is 1. The summed E-state index contributed by atoms with van der Waals surface area (Å²) in [5, 5.41) is 0. The highest BCUT2D eigenvalue weighted by atomic mass is 19.1. The number of halogens is 1. The molecular weight excluding hydrogens is 301 g/mol. The zero-order valence-corrected chi connectivity index (χ0v) is 12.6. The molecule has 1 aromatic rings. The van der Waals surface area contributed by atoms with Crippen LogP contribution in [0.3, 0.4) is 0 Å². The largest absolute Gasteiger partial charge is 0.443 e. The van der Waals surface area contributed by atoms with Crippen LogP contribution in [0.1, 0.15) is 18.4 Å². The van der Waals surface area contributed by atoms with Crippen molar-refractivity contribution >= 4 is 23.4 Å². The van der Waals surface area contributed by atoms with Gasteiger partial charge in [0.2, 0.25) is 5.91 Å². The van der Waals surface area contributed by atoms with Crippen molar-refractivity contribution in [2.75, 3.05) is 29.4 Å². The molecule has 6 nitrogen and oxygen atoms in total. The molecule has 122 valence electrons. The van der Waals surface area contributed by atoms with E-state index in [4.69, 9.17) is 10.5 Å². The molecule has 0 spiro atoms. The zero-order valence-electron chi connectivity index (χ0n) is 12.6. The van der Waals surface area contributed by atoms with E-state index in [1.54, 1.807) is 11.0 Å². The maximum absolute atomic E-state index is 14.6. The lowest BCUT2D eigenvalue weighted by atomic mass is 10.1. The molecule has 0 aromatic heterocycles.